The highest BCUT2D eigenvalue weighted by Crippen LogP contribution is 2.39. The number of aliphatic imine (C=N–C) groups is 1. The minimum atomic E-state index is -0.852. The van der Waals surface area contributed by atoms with Gasteiger partial charge >= 0.3 is 0 Å². The number of amidine groups is 1. The first-order valence-electron chi connectivity index (χ1n) is 11.5. The second-order valence-electron chi connectivity index (χ2n) is 8.81. The fourth-order valence-electron chi connectivity index (χ4n) is 5.30. The molecule has 2 aromatic carbocycles. The smallest absolute Gasteiger partial charge is 0.251 e. The fourth-order valence-corrected chi connectivity index (χ4v) is 5.30. The Morgan fingerprint density at radius 3 is 2.12 bits per heavy atom. The van der Waals surface area contributed by atoms with Gasteiger partial charge in [-0.25, -0.2) is 0 Å². The molecule has 1 aliphatic carbocycles. The largest absolute Gasteiger partial charge is 0.293 e. The Morgan fingerprint density at radius 2 is 1.50 bits per heavy atom. The number of nitrogens with zero attached hydrogens (tertiary/aromatic N) is 3. The molecule has 6 heteroatoms. The number of likely N-dealkylation sites (tertiary alicyclic amines) is 1. The first kappa shape index (κ1) is 20.6. The van der Waals surface area contributed by atoms with E-state index in [1.54, 1.807) is 4.90 Å². The molecule has 164 valence electrons. The molecular formula is C26H27N3O3. The molecule has 3 amide bonds. The Kier molecular flexibility index (Phi) is 5.60. The second-order valence-corrected chi connectivity index (χ2v) is 8.81. The predicted octanol–water partition coefficient (Wildman–Crippen LogP) is 3.06. The Morgan fingerprint density at radius 1 is 0.906 bits per heavy atom. The molecule has 2 aromatic rings. The number of hydrogen-bond acceptors (Lipinski definition) is 4. The number of benzene rings is 2. The maximum atomic E-state index is 13.9. The standard InChI is InChI=1S/C26H27N3O3/c30-24-20-13-7-8-14-21(20)25(31)29(24)22(17-18-9-3-1-4-10-18)26(32)28-16-15-27-23(28)19-11-5-2-6-12-19/h1-6,9-12,20-22H,7-8,13-17H2/t20-,21-,22+/m1/s1. The monoisotopic (exact) mass is 429 g/mol. The molecule has 0 unspecified atom stereocenters. The van der Waals surface area contributed by atoms with Gasteiger partial charge in [-0.05, 0) is 18.4 Å². The van der Waals surface area contributed by atoms with Gasteiger partial charge in [0.25, 0.3) is 5.91 Å². The molecule has 6 nitrogen and oxygen atoms in total. The van der Waals surface area contributed by atoms with Gasteiger partial charge in [0.05, 0.1) is 18.4 Å². The van der Waals surface area contributed by atoms with Gasteiger partial charge in [0.1, 0.15) is 11.9 Å². The molecule has 3 atom stereocenters. The lowest BCUT2D eigenvalue weighted by Gasteiger charge is -2.30. The van der Waals surface area contributed by atoms with Gasteiger partial charge in [-0.2, -0.15) is 0 Å². The van der Waals surface area contributed by atoms with E-state index in [4.69, 9.17) is 0 Å². The van der Waals surface area contributed by atoms with Crippen molar-refractivity contribution in [3.05, 3.63) is 71.8 Å². The van der Waals surface area contributed by atoms with E-state index in [-0.39, 0.29) is 29.6 Å². The van der Waals surface area contributed by atoms with Crippen LogP contribution in [0.1, 0.15) is 36.8 Å². The summed E-state index contributed by atoms with van der Waals surface area (Å²) in [6, 6.07) is 18.4. The van der Waals surface area contributed by atoms with Crippen molar-refractivity contribution in [1.82, 2.24) is 9.80 Å². The third kappa shape index (κ3) is 3.64. The normalized spacial score (nSPS) is 23.8. The van der Waals surface area contributed by atoms with Crippen LogP contribution in [0.2, 0.25) is 0 Å². The zero-order valence-electron chi connectivity index (χ0n) is 18.0. The molecule has 0 aromatic heterocycles. The zero-order valence-corrected chi connectivity index (χ0v) is 18.0. The van der Waals surface area contributed by atoms with E-state index in [1.165, 1.54) is 4.90 Å². The van der Waals surface area contributed by atoms with E-state index >= 15 is 0 Å². The summed E-state index contributed by atoms with van der Waals surface area (Å²) >= 11 is 0. The van der Waals surface area contributed by atoms with Gasteiger partial charge in [-0.15, -0.1) is 0 Å². The van der Waals surface area contributed by atoms with Crippen molar-refractivity contribution in [3.63, 3.8) is 0 Å². The SMILES string of the molecule is O=C([C@H](Cc1ccccc1)N1C(=O)[C@@H]2CCCC[C@H]2C1=O)N1CCN=C1c1ccccc1. The van der Waals surface area contributed by atoms with Crippen LogP contribution in [-0.2, 0) is 20.8 Å². The molecule has 1 saturated carbocycles. The lowest BCUT2D eigenvalue weighted by atomic mass is 9.81. The number of carbonyl (C=O) groups is 3. The Hall–Kier alpha value is -3.28. The highest BCUT2D eigenvalue weighted by atomic mass is 16.2. The average molecular weight is 430 g/mol. The van der Waals surface area contributed by atoms with Gasteiger partial charge in [0.15, 0.2) is 0 Å². The molecular weight excluding hydrogens is 402 g/mol. The molecule has 3 aliphatic rings. The van der Waals surface area contributed by atoms with Crippen molar-refractivity contribution < 1.29 is 14.4 Å². The molecule has 0 spiro atoms. The van der Waals surface area contributed by atoms with Crippen LogP contribution in [0, 0.1) is 11.8 Å². The summed E-state index contributed by atoms with van der Waals surface area (Å²) in [5.41, 5.74) is 1.79. The Labute approximate surface area is 187 Å². The zero-order chi connectivity index (χ0) is 22.1. The number of hydrogen-bond donors (Lipinski definition) is 0. The number of carbonyl (C=O) groups excluding carboxylic acids is 3. The van der Waals surface area contributed by atoms with Crippen LogP contribution >= 0.6 is 0 Å². The van der Waals surface area contributed by atoms with Crippen molar-refractivity contribution in [1.29, 1.82) is 0 Å². The predicted molar refractivity (Wildman–Crippen MR) is 121 cm³/mol. The van der Waals surface area contributed by atoms with Crippen LogP contribution in [0.25, 0.3) is 0 Å². The van der Waals surface area contributed by atoms with Gasteiger partial charge < -0.3 is 0 Å². The van der Waals surface area contributed by atoms with Crippen LogP contribution in [-0.4, -0.2) is 52.5 Å². The third-order valence-corrected chi connectivity index (χ3v) is 6.88. The Balaban J connectivity index is 1.49. The van der Waals surface area contributed by atoms with E-state index in [2.05, 4.69) is 4.99 Å². The van der Waals surface area contributed by atoms with Crippen molar-refractivity contribution in [2.75, 3.05) is 13.1 Å². The van der Waals surface area contributed by atoms with E-state index < -0.39 is 6.04 Å². The van der Waals surface area contributed by atoms with Crippen molar-refractivity contribution in [3.8, 4) is 0 Å². The van der Waals surface area contributed by atoms with Crippen LogP contribution in [0.3, 0.4) is 0 Å². The minimum absolute atomic E-state index is 0.175. The van der Waals surface area contributed by atoms with Gasteiger partial charge in [0, 0.05) is 18.5 Å². The van der Waals surface area contributed by atoms with Crippen LogP contribution in [0.15, 0.2) is 65.7 Å². The summed E-state index contributed by atoms with van der Waals surface area (Å²) in [5.74, 6) is -0.511. The maximum absolute atomic E-state index is 13.9. The minimum Gasteiger partial charge on any atom is -0.293 e. The first-order chi connectivity index (χ1) is 15.6. The molecule has 2 fully saturated rings. The highest BCUT2D eigenvalue weighted by Gasteiger charge is 2.52. The summed E-state index contributed by atoms with van der Waals surface area (Å²) < 4.78 is 0. The average Bonchev–Trinajstić information content (AvgIpc) is 3.42. The van der Waals surface area contributed by atoms with Crippen molar-refractivity contribution in [2.45, 2.75) is 38.1 Å². The topological polar surface area (TPSA) is 70.1 Å². The number of fused-ring (bicyclic) bond motifs is 1. The number of amides is 3. The second kappa shape index (κ2) is 8.69. The van der Waals surface area contributed by atoms with E-state index in [0.29, 0.717) is 25.3 Å². The maximum Gasteiger partial charge on any atom is 0.251 e. The lowest BCUT2D eigenvalue weighted by Crippen LogP contribution is -2.53. The van der Waals surface area contributed by atoms with E-state index in [0.717, 1.165) is 36.8 Å². The molecule has 2 heterocycles. The van der Waals surface area contributed by atoms with Crippen LogP contribution < -0.4 is 0 Å². The summed E-state index contributed by atoms with van der Waals surface area (Å²) in [6.45, 7) is 0.971. The summed E-state index contributed by atoms with van der Waals surface area (Å²) in [7, 11) is 0. The molecule has 0 N–H and O–H groups in total. The number of imide groups is 1. The highest BCUT2D eigenvalue weighted by molar-refractivity contribution is 6.13. The van der Waals surface area contributed by atoms with Gasteiger partial charge in [-0.3, -0.25) is 29.2 Å². The first-order valence-corrected chi connectivity index (χ1v) is 11.5. The number of rotatable bonds is 5. The molecule has 0 radical (unpaired) electrons. The van der Waals surface area contributed by atoms with Gasteiger partial charge in [0.2, 0.25) is 11.8 Å². The van der Waals surface area contributed by atoms with E-state index in [9.17, 15) is 14.4 Å². The summed E-state index contributed by atoms with van der Waals surface area (Å²) in [4.78, 5) is 48.2. The molecule has 0 bridgehead atoms. The van der Waals surface area contributed by atoms with Crippen molar-refractivity contribution >= 4 is 23.6 Å². The summed E-state index contributed by atoms with van der Waals surface area (Å²) in [5, 5.41) is 0. The lowest BCUT2D eigenvalue weighted by molar-refractivity contribution is -0.150. The molecule has 32 heavy (non-hydrogen) atoms. The van der Waals surface area contributed by atoms with Crippen molar-refractivity contribution in [2.24, 2.45) is 16.8 Å². The molecule has 2 aliphatic heterocycles. The van der Waals surface area contributed by atoms with E-state index in [1.807, 2.05) is 60.7 Å². The fraction of sp³-hybridized carbons (Fsp3) is 0.385. The quantitative estimate of drug-likeness (QED) is 0.686. The third-order valence-electron chi connectivity index (χ3n) is 6.88. The molecule has 5 rings (SSSR count). The summed E-state index contributed by atoms with van der Waals surface area (Å²) in [6.07, 6.45) is 3.70. The van der Waals surface area contributed by atoms with Gasteiger partial charge in [-0.1, -0.05) is 73.5 Å². The molecule has 1 saturated heterocycles. The van der Waals surface area contributed by atoms with Crippen LogP contribution in [0.5, 0.6) is 0 Å². The van der Waals surface area contributed by atoms with Crippen LogP contribution in [0.4, 0.5) is 0 Å². The Bertz CT molecular complexity index is 1030.